The zero-order chi connectivity index (χ0) is 19.8. The zero-order valence-corrected chi connectivity index (χ0v) is 17.3. The number of fused-ring (bicyclic) bond motifs is 1. The summed E-state index contributed by atoms with van der Waals surface area (Å²) in [6.45, 7) is 13.1. The maximum absolute atomic E-state index is 12.4. The number of hydrogen-bond acceptors (Lipinski definition) is 6. The van der Waals surface area contributed by atoms with Gasteiger partial charge in [0.2, 0.25) is 5.95 Å². The van der Waals surface area contributed by atoms with E-state index >= 15 is 0 Å². The molecule has 7 nitrogen and oxygen atoms in total. The quantitative estimate of drug-likeness (QED) is 0.812. The van der Waals surface area contributed by atoms with Crippen LogP contribution in [0.15, 0.2) is 0 Å². The summed E-state index contributed by atoms with van der Waals surface area (Å²) in [6, 6.07) is 0. The van der Waals surface area contributed by atoms with Crippen LogP contribution in [-0.4, -0.2) is 52.7 Å². The molecule has 1 aliphatic heterocycles. The first-order valence-electron chi connectivity index (χ1n) is 9.92. The predicted octanol–water partition coefficient (Wildman–Crippen LogP) is 3.02. The molecule has 0 aromatic carbocycles. The Hall–Kier alpha value is -2.05. The summed E-state index contributed by atoms with van der Waals surface area (Å²) in [5.41, 5.74) is 8.12. The van der Waals surface area contributed by atoms with Crippen LogP contribution in [0.4, 0.5) is 16.6 Å². The molecule has 2 heterocycles. The van der Waals surface area contributed by atoms with E-state index in [4.69, 9.17) is 10.5 Å². The highest BCUT2D eigenvalue weighted by molar-refractivity contribution is 5.68. The van der Waals surface area contributed by atoms with E-state index in [0.29, 0.717) is 19.0 Å². The number of nitrogen functional groups attached to an aromatic ring is 1. The second-order valence-corrected chi connectivity index (χ2v) is 9.48. The summed E-state index contributed by atoms with van der Waals surface area (Å²) in [4.78, 5) is 25.6. The van der Waals surface area contributed by atoms with E-state index in [-0.39, 0.29) is 11.5 Å². The van der Waals surface area contributed by atoms with Crippen molar-refractivity contribution in [1.29, 1.82) is 0 Å². The van der Waals surface area contributed by atoms with Crippen LogP contribution in [0.5, 0.6) is 0 Å². The maximum atomic E-state index is 12.4. The van der Waals surface area contributed by atoms with Gasteiger partial charge in [0.25, 0.3) is 0 Å². The molecule has 0 atom stereocenters. The smallest absolute Gasteiger partial charge is 0.410 e. The summed E-state index contributed by atoms with van der Waals surface area (Å²) in [5, 5.41) is 0. The molecule has 0 bridgehead atoms. The minimum absolute atomic E-state index is 0.240. The first-order valence-corrected chi connectivity index (χ1v) is 9.92. The largest absolute Gasteiger partial charge is 0.444 e. The van der Waals surface area contributed by atoms with Gasteiger partial charge in [0.15, 0.2) is 0 Å². The molecule has 1 aliphatic carbocycles. The number of hydrogen-bond donors (Lipinski definition) is 1. The molecule has 2 aliphatic rings. The van der Waals surface area contributed by atoms with Crippen LogP contribution in [0.25, 0.3) is 0 Å². The highest BCUT2D eigenvalue weighted by Crippen LogP contribution is 2.37. The third-order valence-corrected chi connectivity index (χ3v) is 5.23. The Bertz CT molecular complexity index is 711. The number of ether oxygens (including phenoxy) is 1. The van der Waals surface area contributed by atoms with E-state index < -0.39 is 5.60 Å². The Morgan fingerprint density at radius 2 is 1.89 bits per heavy atom. The first kappa shape index (κ1) is 19.7. The molecule has 2 N–H and O–H groups in total. The number of nitrogens with zero attached hydrogens (tertiary/aromatic N) is 4. The van der Waals surface area contributed by atoms with E-state index in [1.54, 1.807) is 4.90 Å². The Labute approximate surface area is 162 Å². The van der Waals surface area contributed by atoms with Crippen LogP contribution >= 0.6 is 0 Å². The number of carbonyl (C=O) groups is 1. The number of carbonyl (C=O) groups excluding carboxylic acids is 1. The summed E-state index contributed by atoms with van der Waals surface area (Å²) in [7, 11) is 0. The third-order valence-electron chi connectivity index (χ3n) is 5.23. The fraction of sp³-hybridized carbons (Fsp3) is 0.750. The molecule has 1 aromatic rings. The van der Waals surface area contributed by atoms with Crippen LogP contribution in [-0.2, 0) is 17.6 Å². The molecule has 1 fully saturated rings. The van der Waals surface area contributed by atoms with Gasteiger partial charge >= 0.3 is 6.09 Å². The summed E-state index contributed by atoms with van der Waals surface area (Å²) in [6.07, 6.45) is 3.67. The molecule has 1 saturated heterocycles. The number of nitrogens with two attached hydrogens (primary N) is 1. The second kappa shape index (κ2) is 7.17. The third kappa shape index (κ3) is 4.82. The highest BCUT2D eigenvalue weighted by atomic mass is 16.6. The maximum Gasteiger partial charge on any atom is 0.410 e. The Balaban J connectivity index is 1.77. The molecule has 0 spiro atoms. The summed E-state index contributed by atoms with van der Waals surface area (Å²) < 4.78 is 5.53. The number of amides is 1. The van der Waals surface area contributed by atoms with Gasteiger partial charge < -0.3 is 20.3 Å². The molecular weight excluding hydrogens is 342 g/mol. The average molecular weight is 376 g/mol. The molecule has 27 heavy (non-hydrogen) atoms. The fourth-order valence-corrected chi connectivity index (χ4v) is 3.84. The van der Waals surface area contributed by atoms with E-state index in [0.717, 1.165) is 50.3 Å². The molecule has 1 aromatic heterocycles. The molecule has 0 saturated carbocycles. The predicted molar refractivity (Wildman–Crippen MR) is 107 cm³/mol. The van der Waals surface area contributed by atoms with Crippen LogP contribution in [0.1, 0.15) is 58.7 Å². The Kier molecular flexibility index (Phi) is 5.23. The molecular formula is C20H33N5O2. The van der Waals surface area contributed by atoms with Gasteiger partial charge in [-0.15, -0.1) is 0 Å². The van der Waals surface area contributed by atoms with Crippen molar-refractivity contribution < 1.29 is 9.53 Å². The fourth-order valence-electron chi connectivity index (χ4n) is 3.84. The molecule has 0 radical (unpaired) electrons. The number of anilines is 2. The number of aromatic nitrogens is 2. The van der Waals surface area contributed by atoms with Crippen LogP contribution in [0.3, 0.4) is 0 Å². The standard InChI is InChI=1S/C20H33N5O2/c1-19(2,3)27-18(26)25-10-6-9-24(11-12-25)16-14-7-8-20(4,5)13-15(14)22-17(21)23-16/h6-13H2,1-5H3,(H2,21,22,23). The van der Waals surface area contributed by atoms with Gasteiger partial charge in [-0.3, -0.25) is 0 Å². The normalized spacial score (nSPS) is 20.0. The molecule has 3 rings (SSSR count). The van der Waals surface area contributed by atoms with Crippen molar-refractivity contribution in [2.45, 2.75) is 65.9 Å². The first-order chi connectivity index (χ1) is 12.5. The monoisotopic (exact) mass is 375 g/mol. The van der Waals surface area contributed by atoms with Gasteiger partial charge in [-0.25, -0.2) is 9.78 Å². The SMILES string of the molecule is CC1(C)CCc2c(nc(N)nc2N2CCCN(C(=O)OC(C)(C)C)CC2)C1. The van der Waals surface area contributed by atoms with Gasteiger partial charge in [-0.05, 0) is 51.9 Å². The summed E-state index contributed by atoms with van der Waals surface area (Å²) >= 11 is 0. The lowest BCUT2D eigenvalue weighted by atomic mass is 9.76. The van der Waals surface area contributed by atoms with Crippen molar-refractivity contribution >= 4 is 17.9 Å². The topological polar surface area (TPSA) is 84.6 Å². The molecule has 150 valence electrons. The van der Waals surface area contributed by atoms with Crippen LogP contribution in [0.2, 0.25) is 0 Å². The lowest BCUT2D eigenvalue weighted by Gasteiger charge is -2.33. The minimum atomic E-state index is -0.476. The Morgan fingerprint density at radius 1 is 1.15 bits per heavy atom. The van der Waals surface area contributed by atoms with Crippen molar-refractivity contribution in [3.8, 4) is 0 Å². The lowest BCUT2D eigenvalue weighted by molar-refractivity contribution is 0.0263. The van der Waals surface area contributed by atoms with Crippen LogP contribution < -0.4 is 10.6 Å². The van der Waals surface area contributed by atoms with Gasteiger partial charge in [-0.2, -0.15) is 4.98 Å². The molecule has 0 unspecified atom stereocenters. The van der Waals surface area contributed by atoms with E-state index in [2.05, 4.69) is 28.7 Å². The second-order valence-electron chi connectivity index (χ2n) is 9.48. The minimum Gasteiger partial charge on any atom is -0.444 e. The number of rotatable bonds is 1. The highest BCUT2D eigenvalue weighted by Gasteiger charge is 2.31. The molecule has 7 heteroatoms. The van der Waals surface area contributed by atoms with Crippen molar-refractivity contribution in [2.75, 3.05) is 36.8 Å². The van der Waals surface area contributed by atoms with Gasteiger partial charge in [0.05, 0.1) is 5.69 Å². The van der Waals surface area contributed by atoms with Crippen molar-refractivity contribution in [3.05, 3.63) is 11.3 Å². The van der Waals surface area contributed by atoms with Gasteiger partial charge in [0.1, 0.15) is 11.4 Å². The van der Waals surface area contributed by atoms with Gasteiger partial charge in [-0.1, -0.05) is 13.8 Å². The Morgan fingerprint density at radius 3 is 2.59 bits per heavy atom. The zero-order valence-electron chi connectivity index (χ0n) is 17.3. The van der Waals surface area contributed by atoms with E-state index in [1.807, 2.05) is 20.8 Å². The summed E-state index contributed by atoms with van der Waals surface area (Å²) in [5.74, 6) is 1.30. The lowest BCUT2D eigenvalue weighted by Crippen LogP contribution is -2.39. The van der Waals surface area contributed by atoms with E-state index in [1.165, 1.54) is 5.56 Å². The van der Waals surface area contributed by atoms with Crippen molar-refractivity contribution in [2.24, 2.45) is 5.41 Å². The van der Waals surface area contributed by atoms with Crippen molar-refractivity contribution in [3.63, 3.8) is 0 Å². The van der Waals surface area contributed by atoms with Gasteiger partial charge in [0, 0.05) is 31.7 Å². The van der Waals surface area contributed by atoms with E-state index in [9.17, 15) is 4.79 Å². The van der Waals surface area contributed by atoms with Crippen molar-refractivity contribution in [1.82, 2.24) is 14.9 Å². The molecule has 1 amide bonds. The van der Waals surface area contributed by atoms with Crippen LogP contribution in [0, 0.1) is 5.41 Å². The average Bonchev–Trinajstić information content (AvgIpc) is 2.77.